The number of aryl methyl sites for hydroxylation is 3. The van der Waals surface area contributed by atoms with E-state index in [-0.39, 0.29) is 30.3 Å². The molecule has 2 N–H and O–H groups in total. The molecule has 216 valence electrons. The number of carboxylic acids is 1. The van der Waals surface area contributed by atoms with Crippen LogP contribution in [-0.2, 0) is 26.2 Å². The molecule has 0 saturated carbocycles. The zero-order valence-corrected chi connectivity index (χ0v) is 23.2. The van der Waals surface area contributed by atoms with Crippen LogP contribution in [0.15, 0.2) is 41.3 Å². The van der Waals surface area contributed by atoms with Gasteiger partial charge >= 0.3 is 12.1 Å². The van der Waals surface area contributed by atoms with E-state index in [0.717, 1.165) is 29.8 Å². The summed E-state index contributed by atoms with van der Waals surface area (Å²) in [4.78, 5) is 23.7. The number of carbonyl (C=O) groups is 2. The van der Waals surface area contributed by atoms with Gasteiger partial charge in [0, 0.05) is 51.3 Å². The number of methoxy groups -OCH3 is 1. The van der Waals surface area contributed by atoms with Crippen LogP contribution in [0.1, 0.15) is 28.7 Å². The summed E-state index contributed by atoms with van der Waals surface area (Å²) in [6.07, 6.45) is -4.95. The van der Waals surface area contributed by atoms with Crippen LogP contribution in [0.25, 0.3) is 0 Å². The second-order valence-corrected chi connectivity index (χ2v) is 10.9. The summed E-state index contributed by atoms with van der Waals surface area (Å²) in [5.74, 6) is -2.16. The normalized spacial score (nSPS) is 14.0. The van der Waals surface area contributed by atoms with Crippen molar-refractivity contribution in [2.24, 2.45) is 0 Å². The van der Waals surface area contributed by atoms with Crippen molar-refractivity contribution >= 4 is 21.9 Å². The number of rotatable bonds is 8. The van der Waals surface area contributed by atoms with Crippen molar-refractivity contribution in [2.45, 2.75) is 44.8 Å². The van der Waals surface area contributed by atoms with Crippen LogP contribution < -0.4 is 10.1 Å². The van der Waals surface area contributed by atoms with Crippen LogP contribution in [0.2, 0.25) is 0 Å². The molecule has 0 radical (unpaired) electrons. The van der Waals surface area contributed by atoms with Gasteiger partial charge < -0.3 is 20.1 Å². The van der Waals surface area contributed by atoms with Crippen LogP contribution in [0.5, 0.6) is 5.75 Å². The molecule has 1 amide bonds. The first kappa shape index (κ1) is 32.1. The van der Waals surface area contributed by atoms with Gasteiger partial charge in [-0.1, -0.05) is 24.3 Å². The molecule has 39 heavy (non-hydrogen) atoms. The van der Waals surface area contributed by atoms with Crippen molar-refractivity contribution in [2.75, 3.05) is 39.8 Å². The Bertz CT molecular complexity index is 1260. The number of ether oxygens (including phenoxy) is 1. The maximum Gasteiger partial charge on any atom is 0.490 e. The molecule has 0 unspecified atom stereocenters. The lowest BCUT2D eigenvalue weighted by Gasteiger charge is -2.29. The highest BCUT2D eigenvalue weighted by atomic mass is 32.2. The van der Waals surface area contributed by atoms with E-state index in [1.165, 1.54) is 4.31 Å². The number of aliphatic carboxylic acids is 1. The molecule has 13 heteroatoms. The summed E-state index contributed by atoms with van der Waals surface area (Å²) in [6.45, 7) is 8.75. The Morgan fingerprint density at radius 2 is 1.62 bits per heavy atom. The number of nitrogens with zero attached hydrogens (tertiary/aromatic N) is 2. The molecular weight excluding hydrogens is 539 g/mol. The van der Waals surface area contributed by atoms with Crippen LogP contribution in [0, 0.1) is 20.8 Å². The summed E-state index contributed by atoms with van der Waals surface area (Å²) in [5.41, 5.74) is 3.43. The van der Waals surface area contributed by atoms with Crippen molar-refractivity contribution < 1.29 is 41.0 Å². The zero-order chi connectivity index (χ0) is 29.4. The highest BCUT2D eigenvalue weighted by Gasteiger charge is 2.38. The smallest absolute Gasteiger partial charge is 0.490 e. The van der Waals surface area contributed by atoms with Crippen LogP contribution in [-0.4, -0.2) is 80.6 Å². The molecule has 0 aromatic heterocycles. The molecule has 0 bridgehead atoms. The van der Waals surface area contributed by atoms with Gasteiger partial charge in [-0.2, -0.15) is 17.5 Å². The second kappa shape index (κ2) is 13.8. The third kappa shape index (κ3) is 8.94. The minimum absolute atomic E-state index is 0.0245. The third-order valence-corrected chi connectivity index (χ3v) is 8.22. The fourth-order valence-electron chi connectivity index (χ4n) is 3.95. The Hall–Kier alpha value is -3.16. The van der Waals surface area contributed by atoms with Gasteiger partial charge in [-0.3, -0.25) is 4.79 Å². The zero-order valence-electron chi connectivity index (χ0n) is 22.3. The Kier molecular flexibility index (Phi) is 11.3. The maximum atomic E-state index is 13.8. The first-order valence-electron chi connectivity index (χ1n) is 12.2. The topological polar surface area (TPSA) is 116 Å². The first-order chi connectivity index (χ1) is 18.2. The van der Waals surface area contributed by atoms with Gasteiger partial charge in [0.15, 0.2) is 0 Å². The summed E-state index contributed by atoms with van der Waals surface area (Å²) in [6, 6.07) is 11.0. The number of nitrogens with one attached hydrogen (secondary N) is 1. The number of alkyl halides is 3. The molecule has 3 rings (SSSR count). The van der Waals surface area contributed by atoms with Gasteiger partial charge in [-0.05, 0) is 49.6 Å². The predicted octanol–water partition coefficient (Wildman–Crippen LogP) is 3.27. The molecular formula is C26H34F3N3O6S. The number of hydrogen-bond acceptors (Lipinski definition) is 6. The Balaban J connectivity index is 0.000000673. The average Bonchev–Trinajstić information content (AvgIpc) is 2.88. The molecule has 1 aliphatic heterocycles. The minimum atomic E-state index is -5.08. The van der Waals surface area contributed by atoms with E-state index in [1.807, 2.05) is 51.1 Å². The summed E-state index contributed by atoms with van der Waals surface area (Å²) < 4.78 is 66.1. The van der Waals surface area contributed by atoms with E-state index in [9.17, 15) is 26.4 Å². The number of hydrogen-bond donors (Lipinski definition) is 2. The fourth-order valence-corrected chi connectivity index (χ4v) is 5.66. The molecule has 0 spiro atoms. The monoisotopic (exact) mass is 573 g/mol. The van der Waals surface area contributed by atoms with E-state index in [4.69, 9.17) is 14.6 Å². The molecule has 2 aromatic carbocycles. The SMILES string of the molecule is COc1ccccc1CN(CCC(=O)N1CCNCC1)S(=O)(=O)c1cc(C)c(C)cc1C.O=C(O)C(F)(F)F. The number of sulfonamides is 1. The molecule has 1 saturated heterocycles. The Morgan fingerprint density at radius 1 is 1.05 bits per heavy atom. The third-order valence-electron chi connectivity index (χ3n) is 6.24. The van der Waals surface area contributed by atoms with Crippen molar-refractivity contribution in [1.82, 2.24) is 14.5 Å². The Labute approximate surface area is 226 Å². The first-order valence-corrected chi connectivity index (χ1v) is 13.6. The van der Waals surface area contributed by atoms with Gasteiger partial charge in [-0.25, -0.2) is 13.2 Å². The molecule has 0 aliphatic carbocycles. The van der Waals surface area contributed by atoms with Crippen LogP contribution >= 0.6 is 0 Å². The van der Waals surface area contributed by atoms with Crippen molar-refractivity contribution in [1.29, 1.82) is 0 Å². The van der Waals surface area contributed by atoms with E-state index in [0.29, 0.717) is 24.4 Å². The van der Waals surface area contributed by atoms with Crippen LogP contribution in [0.3, 0.4) is 0 Å². The molecule has 0 atom stereocenters. The number of carboxylic acid groups (broad SMARTS) is 1. The minimum Gasteiger partial charge on any atom is -0.496 e. The van der Waals surface area contributed by atoms with Gasteiger partial charge in [0.1, 0.15) is 5.75 Å². The predicted molar refractivity (Wildman–Crippen MR) is 139 cm³/mol. The lowest BCUT2D eigenvalue weighted by Crippen LogP contribution is -2.47. The van der Waals surface area contributed by atoms with E-state index >= 15 is 0 Å². The lowest BCUT2D eigenvalue weighted by molar-refractivity contribution is -0.192. The number of halogens is 3. The van der Waals surface area contributed by atoms with Gasteiger partial charge in [0.2, 0.25) is 15.9 Å². The molecule has 9 nitrogen and oxygen atoms in total. The number of benzene rings is 2. The van der Waals surface area contributed by atoms with Crippen molar-refractivity contribution in [3.05, 3.63) is 58.7 Å². The molecule has 1 heterocycles. The number of para-hydroxylation sites is 1. The van der Waals surface area contributed by atoms with E-state index in [1.54, 1.807) is 18.1 Å². The highest BCUT2D eigenvalue weighted by Crippen LogP contribution is 2.27. The number of carbonyl (C=O) groups excluding carboxylic acids is 1. The Morgan fingerprint density at radius 3 is 2.18 bits per heavy atom. The largest absolute Gasteiger partial charge is 0.496 e. The molecule has 2 aromatic rings. The number of amides is 1. The lowest BCUT2D eigenvalue weighted by atomic mass is 10.1. The summed E-state index contributed by atoms with van der Waals surface area (Å²) in [7, 11) is -2.26. The molecule has 1 aliphatic rings. The van der Waals surface area contributed by atoms with Gasteiger partial charge in [0.05, 0.1) is 12.0 Å². The van der Waals surface area contributed by atoms with Crippen molar-refractivity contribution in [3.63, 3.8) is 0 Å². The molecule has 1 fully saturated rings. The van der Waals surface area contributed by atoms with E-state index < -0.39 is 22.2 Å². The number of piperazine rings is 1. The second-order valence-electron chi connectivity index (χ2n) is 9.04. The van der Waals surface area contributed by atoms with Gasteiger partial charge in [0.25, 0.3) is 0 Å². The maximum absolute atomic E-state index is 13.8. The highest BCUT2D eigenvalue weighted by molar-refractivity contribution is 7.89. The fraction of sp³-hybridized carbons (Fsp3) is 0.462. The average molecular weight is 574 g/mol. The van der Waals surface area contributed by atoms with Crippen LogP contribution in [0.4, 0.5) is 13.2 Å². The van der Waals surface area contributed by atoms with Gasteiger partial charge in [-0.15, -0.1) is 0 Å². The van der Waals surface area contributed by atoms with E-state index in [2.05, 4.69) is 5.32 Å². The van der Waals surface area contributed by atoms with Crippen molar-refractivity contribution in [3.8, 4) is 5.75 Å². The summed E-state index contributed by atoms with van der Waals surface area (Å²) in [5, 5.41) is 10.4. The standard InChI is InChI=1S/C24H33N3O4S.C2HF3O2/c1-18-15-20(3)23(16-19(18)2)32(29,30)27(17-21-7-5-6-8-22(21)31-4)12-9-24(28)26-13-10-25-11-14-26;3-2(4,5)1(6)7/h5-8,15-16,25H,9-14,17H2,1-4H3;(H,6,7). The quantitative estimate of drug-likeness (QED) is 0.498. The summed E-state index contributed by atoms with van der Waals surface area (Å²) >= 11 is 0.